The molecule has 0 saturated carbocycles. The van der Waals surface area contributed by atoms with Gasteiger partial charge < -0.3 is 10.6 Å². The minimum Gasteiger partial charge on any atom is -0.341 e. The first kappa shape index (κ1) is 13.8. The summed E-state index contributed by atoms with van der Waals surface area (Å²) in [5, 5.41) is 0. The zero-order valence-electron chi connectivity index (χ0n) is 10.6. The van der Waals surface area contributed by atoms with Gasteiger partial charge in [-0.25, -0.2) is 0 Å². The number of carbonyl (C=O) groups excluding carboxylic acids is 1. The summed E-state index contributed by atoms with van der Waals surface area (Å²) < 4.78 is 0. The molecule has 3 nitrogen and oxygen atoms in total. The molecule has 94 valence electrons. The highest BCUT2D eigenvalue weighted by molar-refractivity contribution is 7.98. The molecular weight excluding hydrogens is 220 g/mol. The van der Waals surface area contributed by atoms with Crippen LogP contribution >= 0.6 is 11.8 Å². The van der Waals surface area contributed by atoms with Crippen LogP contribution in [0.1, 0.15) is 26.7 Å². The number of hydrogen-bond donors (Lipinski definition) is 1. The Balaban J connectivity index is 2.38. The molecule has 0 aromatic heterocycles. The zero-order chi connectivity index (χ0) is 12.1. The number of thioether (sulfide) groups is 1. The lowest BCUT2D eigenvalue weighted by molar-refractivity contribution is -0.131. The largest absolute Gasteiger partial charge is 0.341 e. The Kier molecular flexibility index (Phi) is 5.62. The molecule has 0 spiro atoms. The third kappa shape index (κ3) is 3.67. The molecular formula is C12H24N2OS. The average Bonchev–Trinajstić information content (AvgIpc) is 2.74. The van der Waals surface area contributed by atoms with Gasteiger partial charge in [-0.15, -0.1) is 0 Å². The molecule has 0 aromatic rings. The van der Waals surface area contributed by atoms with Gasteiger partial charge in [-0.05, 0) is 36.7 Å². The van der Waals surface area contributed by atoms with Gasteiger partial charge in [0, 0.05) is 13.1 Å². The molecule has 1 saturated heterocycles. The van der Waals surface area contributed by atoms with Crippen molar-refractivity contribution in [1.29, 1.82) is 0 Å². The van der Waals surface area contributed by atoms with Crippen LogP contribution in [0.2, 0.25) is 0 Å². The number of hydrogen-bond acceptors (Lipinski definition) is 3. The highest BCUT2D eigenvalue weighted by Crippen LogP contribution is 2.24. The Labute approximate surface area is 103 Å². The number of nitrogens with two attached hydrogens (primary N) is 1. The smallest absolute Gasteiger partial charge is 0.239 e. The van der Waals surface area contributed by atoms with Crippen LogP contribution in [0.5, 0.6) is 0 Å². The van der Waals surface area contributed by atoms with E-state index in [1.54, 1.807) is 11.8 Å². The maximum Gasteiger partial charge on any atom is 0.239 e. The van der Waals surface area contributed by atoms with Crippen LogP contribution < -0.4 is 5.73 Å². The molecule has 4 heteroatoms. The molecule has 1 unspecified atom stereocenters. The van der Waals surface area contributed by atoms with E-state index in [1.165, 1.54) is 0 Å². The van der Waals surface area contributed by atoms with E-state index in [2.05, 4.69) is 13.8 Å². The summed E-state index contributed by atoms with van der Waals surface area (Å²) in [4.78, 5) is 14.0. The molecule has 2 atom stereocenters. The first-order valence-corrected chi connectivity index (χ1v) is 7.49. The van der Waals surface area contributed by atoms with Crippen LogP contribution in [0, 0.1) is 11.8 Å². The second-order valence-corrected chi connectivity index (χ2v) is 5.95. The fourth-order valence-corrected chi connectivity index (χ4v) is 2.62. The lowest BCUT2D eigenvalue weighted by atomic mass is 9.95. The van der Waals surface area contributed by atoms with Gasteiger partial charge in [0.1, 0.15) is 0 Å². The van der Waals surface area contributed by atoms with Gasteiger partial charge in [0.15, 0.2) is 0 Å². The molecule has 1 aliphatic heterocycles. The van der Waals surface area contributed by atoms with Crippen molar-refractivity contribution in [3.8, 4) is 0 Å². The van der Waals surface area contributed by atoms with Crippen molar-refractivity contribution < 1.29 is 4.79 Å². The fourth-order valence-electron chi connectivity index (χ4n) is 2.13. The van der Waals surface area contributed by atoms with E-state index in [9.17, 15) is 4.79 Å². The monoisotopic (exact) mass is 244 g/mol. The molecule has 0 radical (unpaired) electrons. The Hall–Kier alpha value is -0.220. The molecule has 16 heavy (non-hydrogen) atoms. The van der Waals surface area contributed by atoms with E-state index < -0.39 is 0 Å². The van der Waals surface area contributed by atoms with Gasteiger partial charge in [-0.2, -0.15) is 11.8 Å². The molecule has 0 aromatic carbocycles. The van der Waals surface area contributed by atoms with Crippen molar-refractivity contribution >= 4 is 17.7 Å². The maximum absolute atomic E-state index is 12.0. The van der Waals surface area contributed by atoms with Crippen molar-refractivity contribution in [3.63, 3.8) is 0 Å². The maximum atomic E-state index is 12.0. The SMILES string of the molecule is CSCC[C@H](N)C(=O)N1CCC(C(C)C)C1. The number of carbonyl (C=O) groups is 1. The summed E-state index contributed by atoms with van der Waals surface area (Å²) in [5.74, 6) is 2.45. The van der Waals surface area contributed by atoms with Crippen LogP contribution in [0.25, 0.3) is 0 Å². The first-order valence-electron chi connectivity index (χ1n) is 6.09. The summed E-state index contributed by atoms with van der Waals surface area (Å²) >= 11 is 1.74. The van der Waals surface area contributed by atoms with Crippen molar-refractivity contribution in [1.82, 2.24) is 4.90 Å². The Bertz CT molecular complexity index is 233. The van der Waals surface area contributed by atoms with Gasteiger partial charge in [-0.1, -0.05) is 13.8 Å². The van der Waals surface area contributed by atoms with Crippen LogP contribution in [0.15, 0.2) is 0 Å². The molecule has 1 aliphatic rings. The van der Waals surface area contributed by atoms with Gasteiger partial charge in [0.2, 0.25) is 5.91 Å². The van der Waals surface area contributed by atoms with Crippen molar-refractivity contribution in [2.45, 2.75) is 32.7 Å². The minimum absolute atomic E-state index is 0.150. The van der Waals surface area contributed by atoms with Gasteiger partial charge >= 0.3 is 0 Å². The second-order valence-electron chi connectivity index (χ2n) is 4.96. The third-order valence-electron chi connectivity index (χ3n) is 3.43. The number of amides is 1. The van der Waals surface area contributed by atoms with E-state index in [4.69, 9.17) is 5.73 Å². The first-order chi connectivity index (χ1) is 7.56. The highest BCUT2D eigenvalue weighted by Gasteiger charge is 2.30. The standard InChI is InChI=1S/C12H24N2OS/c1-9(2)10-4-6-14(8-10)12(15)11(13)5-7-16-3/h9-11H,4-8,13H2,1-3H3/t10?,11-/m0/s1. The summed E-state index contributed by atoms with van der Waals surface area (Å²) in [6.45, 7) is 6.26. The minimum atomic E-state index is -0.293. The molecule has 0 aliphatic carbocycles. The predicted molar refractivity (Wildman–Crippen MR) is 70.5 cm³/mol. The molecule has 0 bridgehead atoms. The Morgan fingerprint density at radius 1 is 1.56 bits per heavy atom. The van der Waals surface area contributed by atoms with E-state index in [0.29, 0.717) is 11.8 Å². The van der Waals surface area contributed by atoms with Crippen LogP contribution in [-0.4, -0.2) is 41.9 Å². The predicted octanol–water partition coefficient (Wildman–Crippen LogP) is 1.57. The summed E-state index contributed by atoms with van der Waals surface area (Å²) in [6, 6.07) is -0.293. The van der Waals surface area contributed by atoms with E-state index in [0.717, 1.165) is 31.7 Å². The number of likely N-dealkylation sites (tertiary alicyclic amines) is 1. The lowest BCUT2D eigenvalue weighted by Gasteiger charge is -2.21. The summed E-state index contributed by atoms with van der Waals surface area (Å²) in [7, 11) is 0. The van der Waals surface area contributed by atoms with Crippen molar-refractivity contribution in [3.05, 3.63) is 0 Å². The van der Waals surface area contributed by atoms with E-state index in [1.807, 2.05) is 11.2 Å². The van der Waals surface area contributed by atoms with Crippen molar-refractivity contribution in [2.75, 3.05) is 25.1 Å². The highest BCUT2D eigenvalue weighted by atomic mass is 32.2. The number of rotatable bonds is 5. The summed E-state index contributed by atoms with van der Waals surface area (Å²) in [6.07, 6.45) is 3.98. The van der Waals surface area contributed by atoms with E-state index in [-0.39, 0.29) is 11.9 Å². The summed E-state index contributed by atoms with van der Waals surface area (Å²) in [5.41, 5.74) is 5.90. The topological polar surface area (TPSA) is 46.3 Å². The van der Waals surface area contributed by atoms with Crippen LogP contribution in [0.4, 0.5) is 0 Å². The van der Waals surface area contributed by atoms with E-state index >= 15 is 0 Å². The lowest BCUT2D eigenvalue weighted by Crippen LogP contribution is -2.43. The average molecular weight is 244 g/mol. The second kappa shape index (κ2) is 6.50. The molecule has 1 amide bonds. The van der Waals surface area contributed by atoms with Gasteiger partial charge in [0.05, 0.1) is 6.04 Å². The van der Waals surface area contributed by atoms with Crippen molar-refractivity contribution in [2.24, 2.45) is 17.6 Å². The Morgan fingerprint density at radius 3 is 2.75 bits per heavy atom. The van der Waals surface area contributed by atoms with Crippen LogP contribution in [0.3, 0.4) is 0 Å². The van der Waals surface area contributed by atoms with Gasteiger partial charge in [-0.3, -0.25) is 4.79 Å². The quantitative estimate of drug-likeness (QED) is 0.798. The molecule has 1 heterocycles. The molecule has 2 N–H and O–H groups in total. The fraction of sp³-hybridized carbons (Fsp3) is 0.917. The molecule has 1 rings (SSSR count). The normalized spacial score (nSPS) is 22.8. The number of nitrogens with zero attached hydrogens (tertiary/aromatic N) is 1. The third-order valence-corrected chi connectivity index (χ3v) is 4.07. The van der Waals surface area contributed by atoms with Crippen LogP contribution in [-0.2, 0) is 4.79 Å². The Morgan fingerprint density at radius 2 is 2.25 bits per heavy atom. The zero-order valence-corrected chi connectivity index (χ0v) is 11.4. The molecule has 1 fully saturated rings. The van der Waals surface area contributed by atoms with Gasteiger partial charge in [0.25, 0.3) is 0 Å².